The average Bonchev–Trinajstić information content (AvgIpc) is 3.17. The maximum absolute atomic E-state index is 11.9. The van der Waals surface area contributed by atoms with Gasteiger partial charge in [0.2, 0.25) is 0 Å². The van der Waals surface area contributed by atoms with Crippen LogP contribution in [0.5, 0.6) is 0 Å². The molecule has 0 fully saturated rings. The molecule has 27 heavy (non-hydrogen) atoms. The number of rotatable bonds is 6. The van der Waals surface area contributed by atoms with E-state index in [0.717, 1.165) is 0 Å². The first-order valence-electron chi connectivity index (χ1n) is 8.04. The van der Waals surface area contributed by atoms with Crippen LogP contribution < -0.4 is 5.43 Å². The molecule has 1 heterocycles. The van der Waals surface area contributed by atoms with Gasteiger partial charge in [-0.15, -0.1) is 0 Å². The van der Waals surface area contributed by atoms with E-state index in [1.54, 1.807) is 54.6 Å². The minimum atomic E-state index is -1.32. The van der Waals surface area contributed by atoms with E-state index >= 15 is 0 Å². The van der Waals surface area contributed by atoms with Crippen molar-refractivity contribution in [2.24, 2.45) is 5.10 Å². The number of aliphatic hydroxyl groups excluding tert-OH is 1. The first-order chi connectivity index (χ1) is 13.0. The molecule has 0 unspecified atom stereocenters. The molecule has 0 bridgehead atoms. The highest BCUT2D eigenvalue weighted by molar-refractivity contribution is 5.89. The molecule has 0 spiro atoms. The molecule has 1 amide bonds. The third kappa shape index (κ3) is 4.47. The SMILES string of the molecule is O=C(O)c1cccc(-c2ccc(/C=N\NC(=O)[C@@H](O)c3ccccc3)o2)c1. The summed E-state index contributed by atoms with van der Waals surface area (Å²) in [6.07, 6.45) is -0.0329. The zero-order valence-electron chi connectivity index (χ0n) is 14.1. The second-order valence-corrected chi connectivity index (χ2v) is 5.64. The molecule has 0 aliphatic rings. The Labute approximate surface area is 154 Å². The van der Waals surface area contributed by atoms with E-state index in [2.05, 4.69) is 10.5 Å². The molecular weight excluding hydrogens is 348 g/mol. The van der Waals surface area contributed by atoms with Gasteiger partial charge >= 0.3 is 5.97 Å². The molecule has 2 aromatic carbocycles. The molecule has 0 radical (unpaired) electrons. The molecule has 7 nitrogen and oxygen atoms in total. The largest absolute Gasteiger partial charge is 0.478 e. The summed E-state index contributed by atoms with van der Waals surface area (Å²) in [5.74, 6) is -0.862. The summed E-state index contributed by atoms with van der Waals surface area (Å²) in [5, 5.41) is 22.8. The van der Waals surface area contributed by atoms with Gasteiger partial charge in [0.1, 0.15) is 11.5 Å². The Balaban J connectivity index is 1.64. The van der Waals surface area contributed by atoms with E-state index < -0.39 is 18.0 Å². The Morgan fingerprint density at radius 1 is 1.04 bits per heavy atom. The summed E-state index contributed by atoms with van der Waals surface area (Å²) in [6.45, 7) is 0. The van der Waals surface area contributed by atoms with E-state index in [0.29, 0.717) is 22.6 Å². The molecule has 0 aliphatic carbocycles. The third-order valence-corrected chi connectivity index (χ3v) is 3.75. The highest BCUT2D eigenvalue weighted by Gasteiger charge is 2.16. The van der Waals surface area contributed by atoms with Gasteiger partial charge in [-0.1, -0.05) is 42.5 Å². The summed E-state index contributed by atoms with van der Waals surface area (Å²) in [7, 11) is 0. The van der Waals surface area contributed by atoms with Crippen molar-refractivity contribution >= 4 is 18.1 Å². The fourth-order valence-electron chi connectivity index (χ4n) is 2.39. The van der Waals surface area contributed by atoms with E-state index in [1.165, 1.54) is 18.3 Å². The molecule has 136 valence electrons. The molecule has 0 saturated heterocycles. The molecule has 7 heteroatoms. The van der Waals surface area contributed by atoms with Gasteiger partial charge in [0.15, 0.2) is 6.10 Å². The number of carbonyl (C=O) groups is 2. The zero-order valence-corrected chi connectivity index (χ0v) is 14.1. The van der Waals surface area contributed by atoms with Gasteiger partial charge < -0.3 is 14.6 Å². The van der Waals surface area contributed by atoms with Crippen LogP contribution in [0.2, 0.25) is 0 Å². The molecular formula is C20H16N2O5. The standard InChI is InChI=1S/C20H16N2O5/c23-18(13-5-2-1-3-6-13)19(24)22-21-12-16-9-10-17(27-16)14-7-4-8-15(11-14)20(25)26/h1-12,18,23H,(H,22,24)(H,25,26)/b21-12-/t18-/m0/s1. The van der Waals surface area contributed by atoms with Gasteiger partial charge in [-0.25, -0.2) is 10.2 Å². The Morgan fingerprint density at radius 3 is 2.56 bits per heavy atom. The normalized spacial score (nSPS) is 12.0. The summed E-state index contributed by atoms with van der Waals surface area (Å²) in [6, 6.07) is 18.1. The van der Waals surface area contributed by atoms with Gasteiger partial charge in [0.25, 0.3) is 5.91 Å². The maximum Gasteiger partial charge on any atom is 0.335 e. The van der Waals surface area contributed by atoms with E-state index in [9.17, 15) is 14.7 Å². The zero-order chi connectivity index (χ0) is 19.2. The maximum atomic E-state index is 11.9. The average molecular weight is 364 g/mol. The van der Waals surface area contributed by atoms with Crippen molar-refractivity contribution in [2.45, 2.75) is 6.10 Å². The van der Waals surface area contributed by atoms with Crippen LogP contribution in [-0.2, 0) is 4.79 Å². The number of amides is 1. The molecule has 0 saturated carbocycles. The van der Waals surface area contributed by atoms with Crippen LogP contribution in [0.15, 0.2) is 76.2 Å². The number of hydrazone groups is 1. The lowest BCUT2D eigenvalue weighted by atomic mass is 10.1. The predicted octanol–water partition coefficient (Wildman–Crippen LogP) is 2.83. The summed E-state index contributed by atoms with van der Waals surface area (Å²) in [5.41, 5.74) is 3.47. The number of benzene rings is 2. The van der Waals surface area contributed by atoms with Gasteiger partial charge in [0, 0.05) is 5.56 Å². The second-order valence-electron chi connectivity index (χ2n) is 5.64. The lowest BCUT2D eigenvalue weighted by Crippen LogP contribution is -2.25. The first-order valence-corrected chi connectivity index (χ1v) is 8.04. The molecule has 0 aliphatic heterocycles. The number of carboxylic acids is 1. The lowest BCUT2D eigenvalue weighted by Gasteiger charge is -2.08. The number of hydrogen-bond donors (Lipinski definition) is 3. The van der Waals surface area contributed by atoms with Crippen molar-refractivity contribution in [3.05, 3.63) is 83.6 Å². The number of aliphatic hydroxyl groups is 1. The van der Waals surface area contributed by atoms with Crippen molar-refractivity contribution in [1.29, 1.82) is 0 Å². The summed E-state index contributed by atoms with van der Waals surface area (Å²) >= 11 is 0. The number of carboxylic acid groups (broad SMARTS) is 1. The number of hydrogen-bond acceptors (Lipinski definition) is 5. The minimum absolute atomic E-state index is 0.154. The van der Waals surface area contributed by atoms with Gasteiger partial charge in [-0.2, -0.15) is 5.10 Å². The Morgan fingerprint density at radius 2 is 1.81 bits per heavy atom. The monoisotopic (exact) mass is 364 g/mol. The van der Waals surface area contributed by atoms with Crippen LogP contribution >= 0.6 is 0 Å². The third-order valence-electron chi connectivity index (χ3n) is 3.75. The molecule has 1 aromatic heterocycles. The summed E-state index contributed by atoms with van der Waals surface area (Å²) < 4.78 is 5.58. The number of nitrogens with one attached hydrogen (secondary N) is 1. The topological polar surface area (TPSA) is 112 Å². The Bertz CT molecular complexity index is 979. The van der Waals surface area contributed by atoms with Crippen molar-refractivity contribution in [3.63, 3.8) is 0 Å². The van der Waals surface area contributed by atoms with Crippen molar-refractivity contribution in [3.8, 4) is 11.3 Å². The predicted molar refractivity (Wildman–Crippen MR) is 98.2 cm³/mol. The Kier molecular flexibility index (Phi) is 5.44. The number of nitrogens with zero attached hydrogens (tertiary/aromatic N) is 1. The van der Waals surface area contributed by atoms with Crippen LogP contribution in [0.1, 0.15) is 27.8 Å². The van der Waals surface area contributed by atoms with Crippen molar-refractivity contribution in [2.75, 3.05) is 0 Å². The molecule has 1 atom stereocenters. The fraction of sp³-hybridized carbons (Fsp3) is 0.0500. The van der Waals surface area contributed by atoms with Crippen LogP contribution in [0.4, 0.5) is 0 Å². The lowest BCUT2D eigenvalue weighted by molar-refractivity contribution is -0.129. The fourth-order valence-corrected chi connectivity index (χ4v) is 2.39. The molecule has 3 aromatic rings. The highest BCUT2D eigenvalue weighted by Crippen LogP contribution is 2.22. The van der Waals surface area contributed by atoms with Crippen molar-refractivity contribution < 1.29 is 24.2 Å². The summed E-state index contributed by atoms with van der Waals surface area (Å²) in [4.78, 5) is 22.9. The van der Waals surface area contributed by atoms with Crippen LogP contribution in [-0.4, -0.2) is 28.3 Å². The van der Waals surface area contributed by atoms with Gasteiger partial charge in [0.05, 0.1) is 11.8 Å². The van der Waals surface area contributed by atoms with E-state index in [4.69, 9.17) is 9.52 Å². The quantitative estimate of drug-likeness (QED) is 0.460. The number of aromatic carboxylic acids is 1. The number of carbonyl (C=O) groups excluding carboxylic acids is 1. The van der Waals surface area contributed by atoms with Crippen LogP contribution in [0, 0.1) is 0 Å². The van der Waals surface area contributed by atoms with E-state index in [-0.39, 0.29) is 5.56 Å². The second kappa shape index (κ2) is 8.11. The molecule has 3 N–H and O–H groups in total. The Hall–Kier alpha value is -3.71. The smallest absolute Gasteiger partial charge is 0.335 e. The van der Waals surface area contributed by atoms with Gasteiger partial charge in [-0.05, 0) is 29.8 Å². The molecule has 3 rings (SSSR count). The highest BCUT2D eigenvalue weighted by atomic mass is 16.4. The van der Waals surface area contributed by atoms with Gasteiger partial charge in [-0.3, -0.25) is 4.79 Å². The van der Waals surface area contributed by atoms with Crippen LogP contribution in [0.25, 0.3) is 11.3 Å². The van der Waals surface area contributed by atoms with Crippen molar-refractivity contribution in [1.82, 2.24) is 5.43 Å². The first kappa shape index (κ1) is 18.1. The van der Waals surface area contributed by atoms with E-state index in [1.807, 2.05) is 0 Å². The van der Waals surface area contributed by atoms with Crippen LogP contribution in [0.3, 0.4) is 0 Å². The number of furan rings is 1. The minimum Gasteiger partial charge on any atom is -0.478 e.